The number of aromatic nitrogens is 1. The number of carbonyl (C=O) groups excluding carboxylic acids is 2. The highest BCUT2D eigenvalue weighted by Gasteiger charge is 2.12. The minimum Gasteiger partial charge on any atom is -0.493 e. The highest BCUT2D eigenvalue weighted by molar-refractivity contribution is 5.96. The van der Waals surface area contributed by atoms with E-state index in [-0.39, 0.29) is 30.3 Å². The zero-order chi connectivity index (χ0) is 20.5. The molecule has 0 spiro atoms. The van der Waals surface area contributed by atoms with Gasteiger partial charge in [0.05, 0.1) is 12.2 Å². The number of pyridine rings is 1. The first kappa shape index (κ1) is 21.2. The molecule has 0 atom stereocenters. The number of para-hydroxylation sites is 1. The first-order chi connectivity index (χ1) is 13.4. The Morgan fingerprint density at radius 2 is 1.89 bits per heavy atom. The molecule has 0 radical (unpaired) electrons. The van der Waals surface area contributed by atoms with Gasteiger partial charge in [-0.3, -0.25) is 14.4 Å². The second-order valence-corrected chi connectivity index (χ2v) is 6.51. The van der Waals surface area contributed by atoms with Crippen LogP contribution in [-0.4, -0.2) is 29.9 Å². The van der Waals surface area contributed by atoms with Gasteiger partial charge in [-0.05, 0) is 51.0 Å². The highest BCUT2D eigenvalue weighted by atomic mass is 16.5. The molecule has 28 heavy (non-hydrogen) atoms. The molecule has 0 bridgehead atoms. The van der Waals surface area contributed by atoms with Crippen LogP contribution in [0.1, 0.15) is 46.9 Å². The molecule has 0 saturated carbocycles. The van der Waals surface area contributed by atoms with E-state index in [0.717, 1.165) is 11.3 Å². The van der Waals surface area contributed by atoms with Gasteiger partial charge in [-0.25, -0.2) is 0 Å². The number of hydrogen-bond acceptors (Lipinski definition) is 4. The fourth-order valence-electron chi connectivity index (χ4n) is 2.86. The molecule has 3 N–H and O–H groups in total. The zero-order valence-corrected chi connectivity index (χ0v) is 16.6. The molecule has 0 aliphatic heterocycles. The molecule has 7 nitrogen and oxygen atoms in total. The highest BCUT2D eigenvalue weighted by Crippen LogP contribution is 2.17. The van der Waals surface area contributed by atoms with E-state index in [1.807, 2.05) is 32.9 Å². The zero-order valence-electron chi connectivity index (χ0n) is 16.6. The molecule has 0 fully saturated rings. The van der Waals surface area contributed by atoms with Crippen LogP contribution >= 0.6 is 0 Å². The van der Waals surface area contributed by atoms with E-state index in [0.29, 0.717) is 36.4 Å². The summed E-state index contributed by atoms with van der Waals surface area (Å²) in [5, 5.41) is 5.55. The lowest BCUT2D eigenvalue weighted by Crippen LogP contribution is -2.29. The van der Waals surface area contributed by atoms with E-state index in [2.05, 4.69) is 15.6 Å². The third kappa shape index (κ3) is 5.97. The summed E-state index contributed by atoms with van der Waals surface area (Å²) in [6.45, 7) is 6.56. The molecule has 2 rings (SSSR count). The number of carbonyl (C=O) groups is 2. The smallest absolute Gasteiger partial charge is 0.255 e. The van der Waals surface area contributed by atoms with Crippen LogP contribution in [0.4, 0.5) is 0 Å². The third-order valence-corrected chi connectivity index (χ3v) is 4.25. The van der Waals surface area contributed by atoms with Crippen molar-refractivity contribution >= 4 is 11.8 Å². The van der Waals surface area contributed by atoms with Crippen molar-refractivity contribution in [2.24, 2.45) is 0 Å². The Labute approximate surface area is 164 Å². The number of aryl methyl sites for hydroxylation is 2. The summed E-state index contributed by atoms with van der Waals surface area (Å²) < 4.78 is 5.45. The number of hydrogen-bond donors (Lipinski definition) is 3. The van der Waals surface area contributed by atoms with Crippen molar-refractivity contribution in [1.82, 2.24) is 15.6 Å². The van der Waals surface area contributed by atoms with E-state index in [4.69, 9.17) is 4.74 Å². The first-order valence-electron chi connectivity index (χ1n) is 9.38. The largest absolute Gasteiger partial charge is 0.493 e. The second kappa shape index (κ2) is 10.3. The number of rotatable bonds is 9. The predicted molar refractivity (Wildman–Crippen MR) is 108 cm³/mol. The first-order valence-corrected chi connectivity index (χ1v) is 9.38. The number of ether oxygens (including phenoxy) is 1. The fraction of sp³-hybridized carbons (Fsp3) is 0.381. The number of amides is 2. The minimum atomic E-state index is -0.230. The van der Waals surface area contributed by atoms with E-state index in [1.165, 1.54) is 0 Å². The van der Waals surface area contributed by atoms with Gasteiger partial charge >= 0.3 is 0 Å². The van der Waals surface area contributed by atoms with Crippen LogP contribution in [0.25, 0.3) is 0 Å². The van der Waals surface area contributed by atoms with Gasteiger partial charge in [0.15, 0.2) is 0 Å². The number of aromatic amines is 1. The van der Waals surface area contributed by atoms with Gasteiger partial charge in [0.2, 0.25) is 5.91 Å². The molecule has 0 unspecified atom stereocenters. The van der Waals surface area contributed by atoms with E-state index >= 15 is 0 Å². The van der Waals surface area contributed by atoms with Crippen molar-refractivity contribution < 1.29 is 14.3 Å². The summed E-state index contributed by atoms with van der Waals surface area (Å²) in [6.07, 6.45) is 0.758. The standard InChI is InChI=1S/C21H27N3O4/c1-4-28-18-9-6-5-8-16(18)20(26)22-11-7-10-19(25)23-13-17-14(2)12-15(3)24-21(17)27/h5-6,8-9,12H,4,7,10-11,13H2,1-3H3,(H,22,26)(H,23,25)(H,24,27). The normalized spacial score (nSPS) is 10.4. The minimum absolute atomic E-state index is 0.164. The number of H-pyrrole nitrogens is 1. The third-order valence-electron chi connectivity index (χ3n) is 4.25. The summed E-state index contributed by atoms with van der Waals surface area (Å²) >= 11 is 0. The molecule has 0 aliphatic carbocycles. The van der Waals surface area contributed by atoms with Gasteiger partial charge in [-0.1, -0.05) is 12.1 Å². The van der Waals surface area contributed by atoms with Gasteiger partial charge in [0.25, 0.3) is 11.5 Å². The van der Waals surface area contributed by atoms with Gasteiger partial charge in [-0.15, -0.1) is 0 Å². The van der Waals surface area contributed by atoms with Crippen LogP contribution in [-0.2, 0) is 11.3 Å². The van der Waals surface area contributed by atoms with Gasteiger partial charge in [0, 0.05) is 30.8 Å². The molecular weight excluding hydrogens is 358 g/mol. The summed E-state index contributed by atoms with van der Waals surface area (Å²) in [5.74, 6) is 0.147. The summed E-state index contributed by atoms with van der Waals surface area (Å²) in [7, 11) is 0. The lowest BCUT2D eigenvalue weighted by molar-refractivity contribution is -0.121. The van der Waals surface area contributed by atoms with Gasteiger partial charge in [0.1, 0.15) is 5.75 Å². The molecule has 1 aromatic carbocycles. The van der Waals surface area contributed by atoms with Crippen molar-refractivity contribution in [1.29, 1.82) is 0 Å². The van der Waals surface area contributed by atoms with Crippen LogP contribution in [0.5, 0.6) is 5.75 Å². The molecule has 2 aromatic rings. The van der Waals surface area contributed by atoms with Crippen molar-refractivity contribution in [2.45, 2.75) is 40.2 Å². The maximum atomic E-state index is 12.3. The summed E-state index contributed by atoms with van der Waals surface area (Å²) in [5.41, 5.74) is 2.49. The summed E-state index contributed by atoms with van der Waals surface area (Å²) in [6, 6.07) is 8.92. The molecule has 150 valence electrons. The predicted octanol–water partition coefficient (Wildman–Crippen LogP) is 2.22. The van der Waals surface area contributed by atoms with Crippen LogP contribution in [0.15, 0.2) is 35.1 Å². The maximum Gasteiger partial charge on any atom is 0.255 e. The lowest BCUT2D eigenvalue weighted by atomic mass is 10.1. The monoisotopic (exact) mass is 385 g/mol. The molecule has 0 saturated heterocycles. The topological polar surface area (TPSA) is 100 Å². The Morgan fingerprint density at radius 1 is 1.14 bits per heavy atom. The SMILES string of the molecule is CCOc1ccccc1C(=O)NCCCC(=O)NCc1c(C)cc(C)[nH]c1=O. The quantitative estimate of drug-likeness (QED) is 0.576. The summed E-state index contributed by atoms with van der Waals surface area (Å²) in [4.78, 5) is 39.0. The van der Waals surface area contributed by atoms with Crippen molar-refractivity contribution in [2.75, 3.05) is 13.2 Å². The van der Waals surface area contributed by atoms with Crippen LogP contribution in [0.2, 0.25) is 0 Å². The van der Waals surface area contributed by atoms with E-state index < -0.39 is 0 Å². The average Bonchev–Trinajstić information content (AvgIpc) is 2.65. The van der Waals surface area contributed by atoms with Crippen LogP contribution in [0.3, 0.4) is 0 Å². The Hall–Kier alpha value is -3.09. The molecule has 0 aliphatic rings. The molecule has 1 heterocycles. The van der Waals surface area contributed by atoms with Crippen molar-refractivity contribution in [3.05, 3.63) is 63.1 Å². The molecule has 7 heteroatoms. The average molecular weight is 385 g/mol. The Kier molecular flexibility index (Phi) is 7.80. The Bertz CT molecular complexity index is 889. The van der Waals surface area contributed by atoms with Gasteiger partial charge < -0.3 is 20.4 Å². The van der Waals surface area contributed by atoms with Crippen LogP contribution in [0, 0.1) is 13.8 Å². The molecule has 2 amide bonds. The Balaban J connectivity index is 1.76. The Morgan fingerprint density at radius 3 is 2.61 bits per heavy atom. The fourth-order valence-corrected chi connectivity index (χ4v) is 2.86. The van der Waals surface area contributed by atoms with Crippen LogP contribution < -0.4 is 20.9 Å². The molecular formula is C21H27N3O4. The lowest BCUT2D eigenvalue weighted by Gasteiger charge is -2.11. The van der Waals surface area contributed by atoms with E-state index in [9.17, 15) is 14.4 Å². The van der Waals surface area contributed by atoms with E-state index in [1.54, 1.807) is 18.2 Å². The van der Waals surface area contributed by atoms with Crippen molar-refractivity contribution in [3.8, 4) is 5.75 Å². The van der Waals surface area contributed by atoms with Crippen molar-refractivity contribution in [3.63, 3.8) is 0 Å². The number of benzene rings is 1. The second-order valence-electron chi connectivity index (χ2n) is 6.51. The van der Waals surface area contributed by atoms with Gasteiger partial charge in [-0.2, -0.15) is 0 Å². The molecule has 1 aromatic heterocycles. The number of nitrogens with one attached hydrogen (secondary N) is 3. The maximum absolute atomic E-state index is 12.3.